The van der Waals surface area contributed by atoms with E-state index in [9.17, 15) is 27.6 Å². The minimum Gasteiger partial charge on any atom is -0.449 e. The van der Waals surface area contributed by atoms with E-state index in [1.807, 2.05) is 5.32 Å². The molecule has 0 bridgehead atoms. The Kier molecular flexibility index (Phi) is 3.78. The summed E-state index contributed by atoms with van der Waals surface area (Å²) in [5.74, 6) is -3.47. The number of aromatic nitrogens is 1. The van der Waals surface area contributed by atoms with Crippen molar-refractivity contribution < 1.29 is 32.3 Å². The number of carbonyl (C=O) groups is 3. The summed E-state index contributed by atoms with van der Waals surface area (Å²) in [6, 6.07) is 1.26. The number of fused-ring (bicyclic) bond motifs is 1. The van der Waals surface area contributed by atoms with Crippen LogP contribution in [0.1, 0.15) is 16.1 Å². The smallest absolute Gasteiger partial charge is 0.422 e. The molecule has 21 heavy (non-hydrogen) atoms. The first-order valence-electron chi connectivity index (χ1n) is 5.58. The van der Waals surface area contributed by atoms with Gasteiger partial charge in [0.1, 0.15) is 0 Å². The molecule has 0 saturated carbocycles. The molecule has 0 spiro atoms. The minimum atomic E-state index is -4.72. The average molecular weight is 303 g/mol. The molecule has 2 N–H and O–H groups in total. The number of ether oxygens (including phenoxy) is 1. The lowest BCUT2D eigenvalue weighted by Gasteiger charge is -2.08. The van der Waals surface area contributed by atoms with Crippen molar-refractivity contribution in [2.24, 2.45) is 0 Å². The highest BCUT2D eigenvalue weighted by Gasteiger charge is 2.31. The van der Waals surface area contributed by atoms with Gasteiger partial charge in [0.15, 0.2) is 6.61 Å². The predicted octanol–water partition coefficient (Wildman–Crippen LogP) is 0.369. The van der Waals surface area contributed by atoms with Gasteiger partial charge < -0.3 is 15.4 Å². The maximum atomic E-state index is 11.8. The highest BCUT2D eigenvalue weighted by Crippen LogP contribution is 2.18. The molecule has 0 radical (unpaired) electrons. The molecule has 2 heterocycles. The van der Waals surface area contributed by atoms with E-state index in [-0.39, 0.29) is 17.8 Å². The zero-order valence-electron chi connectivity index (χ0n) is 10.3. The number of pyridine rings is 1. The van der Waals surface area contributed by atoms with Crippen LogP contribution in [0, 0.1) is 0 Å². The molecule has 2 amide bonds. The summed E-state index contributed by atoms with van der Waals surface area (Å²) in [7, 11) is 0. The van der Waals surface area contributed by atoms with E-state index in [4.69, 9.17) is 0 Å². The summed E-state index contributed by atoms with van der Waals surface area (Å²) in [6.45, 7) is -1.61. The maximum Gasteiger partial charge on any atom is 0.422 e. The molecule has 0 aliphatic carbocycles. The zero-order valence-corrected chi connectivity index (χ0v) is 10.3. The van der Waals surface area contributed by atoms with Crippen LogP contribution in [0.4, 0.5) is 18.9 Å². The van der Waals surface area contributed by atoms with E-state index < -0.39 is 30.6 Å². The molecule has 2 rings (SSSR count). The number of amides is 2. The fourth-order valence-electron chi connectivity index (χ4n) is 1.55. The van der Waals surface area contributed by atoms with Crippen LogP contribution in [0.5, 0.6) is 0 Å². The largest absolute Gasteiger partial charge is 0.449 e. The van der Waals surface area contributed by atoms with Gasteiger partial charge in [-0.15, -0.1) is 0 Å². The number of esters is 1. The molecular formula is C11H8F3N3O4. The molecule has 0 unspecified atom stereocenters. The third kappa shape index (κ3) is 3.68. The Bertz CT molecular complexity index is 615. The number of anilines is 1. The fraction of sp³-hybridized carbons (Fsp3) is 0.273. The normalized spacial score (nSPS) is 13.4. The number of hydrogen-bond donors (Lipinski definition) is 2. The number of carbonyl (C=O) groups excluding carboxylic acids is 3. The topological polar surface area (TPSA) is 97.4 Å². The van der Waals surface area contributed by atoms with Crippen LogP contribution in [-0.2, 0) is 20.9 Å². The monoisotopic (exact) mass is 303 g/mol. The van der Waals surface area contributed by atoms with Crippen molar-refractivity contribution >= 4 is 23.5 Å². The lowest BCUT2D eigenvalue weighted by Crippen LogP contribution is -2.29. The van der Waals surface area contributed by atoms with Gasteiger partial charge in [-0.1, -0.05) is 0 Å². The lowest BCUT2D eigenvalue weighted by molar-refractivity contribution is -0.186. The second-order valence-electron chi connectivity index (χ2n) is 4.05. The number of halogens is 3. The second kappa shape index (κ2) is 5.38. The first-order chi connectivity index (χ1) is 9.76. The molecule has 0 saturated heterocycles. The molecule has 1 aliphatic heterocycles. The summed E-state index contributed by atoms with van der Waals surface area (Å²) < 4.78 is 39.3. The van der Waals surface area contributed by atoms with Gasteiger partial charge in [-0.2, -0.15) is 13.2 Å². The molecule has 10 heteroatoms. The highest BCUT2D eigenvalue weighted by molar-refractivity contribution is 6.37. The van der Waals surface area contributed by atoms with Crippen molar-refractivity contribution in [3.63, 3.8) is 0 Å². The van der Waals surface area contributed by atoms with Gasteiger partial charge in [0.2, 0.25) is 0 Å². The minimum absolute atomic E-state index is 0.000223. The van der Waals surface area contributed by atoms with Crippen LogP contribution in [0.3, 0.4) is 0 Å². The fourth-order valence-corrected chi connectivity index (χ4v) is 1.55. The molecule has 1 aliphatic rings. The second-order valence-corrected chi connectivity index (χ2v) is 4.05. The van der Waals surface area contributed by atoms with Crippen LogP contribution in [0.25, 0.3) is 0 Å². The molecule has 112 valence electrons. The van der Waals surface area contributed by atoms with Gasteiger partial charge in [-0.3, -0.25) is 14.6 Å². The van der Waals surface area contributed by atoms with E-state index in [0.29, 0.717) is 5.69 Å². The third-order valence-corrected chi connectivity index (χ3v) is 2.44. The maximum absolute atomic E-state index is 11.8. The summed E-state index contributed by atoms with van der Waals surface area (Å²) in [4.78, 5) is 37.6. The van der Waals surface area contributed by atoms with Gasteiger partial charge in [0.25, 0.3) is 5.91 Å². The van der Waals surface area contributed by atoms with Crippen molar-refractivity contribution in [3.8, 4) is 0 Å². The van der Waals surface area contributed by atoms with E-state index in [1.54, 1.807) is 0 Å². The summed E-state index contributed by atoms with van der Waals surface area (Å²) in [6.07, 6.45) is -3.54. The van der Waals surface area contributed by atoms with Gasteiger partial charge in [-0.05, 0) is 6.07 Å². The molecule has 7 nitrogen and oxygen atoms in total. The van der Waals surface area contributed by atoms with Crippen LogP contribution < -0.4 is 10.6 Å². The van der Waals surface area contributed by atoms with Gasteiger partial charge >= 0.3 is 18.1 Å². The van der Waals surface area contributed by atoms with Crippen LogP contribution in [-0.4, -0.2) is 35.6 Å². The average Bonchev–Trinajstić information content (AvgIpc) is 2.76. The standard InChI is InChI=1S/C11H8F3N3O4/c12-11(13,14)4-21-10(20)9(19)17-5-1-6-7(15-2-5)3-16-8(6)18/h1-2H,3-4H2,(H,16,18)(H,17,19). The SMILES string of the molecule is O=C(Nc1cnc2c(c1)C(=O)NC2)C(=O)OCC(F)(F)F. The third-order valence-electron chi connectivity index (χ3n) is 2.44. The molecule has 0 atom stereocenters. The summed E-state index contributed by atoms with van der Waals surface area (Å²) >= 11 is 0. The number of nitrogens with one attached hydrogen (secondary N) is 2. The quantitative estimate of drug-likeness (QED) is 0.607. The Balaban J connectivity index is 1.99. The van der Waals surface area contributed by atoms with Gasteiger partial charge in [0.05, 0.1) is 29.7 Å². The van der Waals surface area contributed by atoms with E-state index >= 15 is 0 Å². The Morgan fingerprint density at radius 2 is 2.14 bits per heavy atom. The Labute approximate surface area is 115 Å². The van der Waals surface area contributed by atoms with Crippen LogP contribution >= 0.6 is 0 Å². The summed E-state index contributed by atoms with van der Waals surface area (Å²) in [5, 5.41) is 4.50. The van der Waals surface area contributed by atoms with Crippen molar-refractivity contribution in [2.75, 3.05) is 11.9 Å². The summed E-state index contributed by atoms with van der Waals surface area (Å²) in [5.41, 5.74) is 0.689. The van der Waals surface area contributed by atoms with Crippen molar-refractivity contribution in [3.05, 3.63) is 23.5 Å². The molecule has 0 aromatic carbocycles. The Hall–Kier alpha value is -2.65. The van der Waals surface area contributed by atoms with Gasteiger partial charge in [0, 0.05) is 0 Å². The Morgan fingerprint density at radius 1 is 1.43 bits per heavy atom. The first kappa shape index (κ1) is 14.8. The molecule has 0 fully saturated rings. The number of hydrogen-bond acceptors (Lipinski definition) is 5. The highest BCUT2D eigenvalue weighted by atomic mass is 19.4. The molecular weight excluding hydrogens is 295 g/mol. The number of rotatable bonds is 2. The van der Waals surface area contributed by atoms with E-state index in [0.717, 1.165) is 0 Å². The number of nitrogens with zero attached hydrogens (tertiary/aromatic N) is 1. The lowest BCUT2D eigenvalue weighted by atomic mass is 10.2. The molecule has 1 aromatic heterocycles. The van der Waals surface area contributed by atoms with Crippen molar-refractivity contribution in [2.45, 2.75) is 12.7 Å². The van der Waals surface area contributed by atoms with Crippen molar-refractivity contribution in [1.82, 2.24) is 10.3 Å². The van der Waals surface area contributed by atoms with Gasteiger partial charge in [-0.25, -0.2) is 4.79 Å². The van der Waals surface area contributed by atoms with E-state index in [1.165, 1.54) is 12.3 Å². The zero-order chi connectivity index (χ0) is 15.6. The first-order valence-corrected chi connectivity index (χ1v) is 5.58. The predicted molar refractivity (Wildman–Crippen MR) is 61.1 cm³/mol. The van der Waals surface area contributed by atoms with E-state index in [2.05, 4.69) is 15.0 Å². The van der Waals surface area contributed by atoms with Crippen molar-refractivity contribution in [1.29, 1.82) is 0 Å². The van der Waals surface area contributed by atoms with Crippen LogP contribution in [0.15, 0.2) is 12.3 Å². The number of alkyl halides is 3. The molecule has 1 aromatic rings. The van der Waals surface area contributed by atoms with Crippen LogP contribution in [0.2, 0.25) is 0 Å². The Morgan fingerprint density at radius 3 is 2.81 bits per heavy atom.